The number of anilines is 1. The lowest BCUT2D eigenvalue weighted by atomic mass is 10.0. The number of hydrogen-bond donors (Lipinski definition) is 2. The number of aromatic nitrogens is 1. The van der Waals surface area contributed by atoms with Crippen LogP contribution in [0.2, 0.25) is 0 Å². The van der Waals surface area contributed by atoms with Crippen molar-refractivity contribution in [1.82, 2.24) is 10.3 Å². The van der Waals surface area contributed by atoms with Gasteiger partial charge in [0.25, 0.3) is 0 Å². The van der Waals surface area contributed by atoms with E-state index in [0.717, 1.165) is 64.3 Å². The van der Waals surface area contributed by atoms with Crippen LogP contribution in [0.4, 0.5) is 10.1 Å². The second-order valence-electron chi connectivity index (χ2n) is 8.07. The first-order valence-electron chi connectivity index (χ1n) is 11.3. The molecule has 1 aliphatic heterocycles. The average Bonchev–Trinajstić information content (AvgIpc) is 3.34. The fourth-order valence-corrected chi connectivity index (χ4v) is 4.10. The summed E-state index contributed by atoms with van der Waals surface area (Å²) in [5.74, 6) is 1.98. The number of rotatable bonds is 9. The van der Waals surface area contributed by atoms with Gasteiger partial charge in [0.05, 0.1) is 12.6 Å². The van der Waals surface area contributed by atoms with E-state index >= 15 is 0 Å². The van der Waals surface area contributed by atoms with Crippen molar-refractivity contribution >= 4 is 16.6 Å². The average molecular weight is 460 g/mol. The van der Waals surface area contributed by atoms with Crippen LogP contribution in [-0.4, -0.2) is 32.0 Å². The van der Waals surface area contributed by atoms with Crippen LogP contribution < -0.4 is 24.8 Å². The second-order valence-corrected chi connectivity index (χ2v) is 8.07. The minimum atomic E-state index is -0.259. The van der Waals surface area contributed by atoms with Gasteiger partial charge in [0.1, 0.15) is 11.6 Å². The summed E-state index contributed by atoms with van der Waals surface area (Å²) in [7, 11) is 1.60. The molecule has 1 aromatic heterocycles. The van der Waals surface area contributed by atoms with Crippen molar-refractivity contribution in [2.24, 2.45) is 0 Å². The lowest BCUT2D eigenvalue weighted by Crippen LogP contribution is -2.18. The van der Waals surface area contributed by atoms with E-state index in [1.807, 2.05) is 30.5 Å². The van der Waals surface area contributed by atoms with Gasteiger partial charge >= 0.3 is 0 Å². The van der Waals surface area contributed by atoms with Crippen LogP contribution in [0.5, 0.6) is 17.2 Å². The van der Waals surface area contributed by atoms with Gasteiger partial charge in [0, 0.05) is 35.9 Å². The van der Waals surface area contributed by atoms with Crippen LogP contribution in [-0.2, 0) is 6.54 Å². The van der Waals surface area contributed by atoms with Gasteiger partial charge in [-0.3, -0.25) is 4.98 Å². The Bertz CT molecular complexity index is 1310. The molecule has 5 rings (SSSR count). The number of nitrogens with zero attached hydrogens (tertiary/aromatic N) is 1. The molecular weight excluding hydrogens is 433 g/mol. The molecule has 0 saturated carbocycles. The molecule has 0 amide bonds. The quantitative estimate of drug-likeness (QED) is 0.328. The first kappa shape index (κ1) is 22.0. The molecular formula is C27H26FN3O3. The second kappa shape index (κ2) is 9.97. The lowest BCUT2D eigenvalue weighted by Gasteiger charge is -2.12. The molecule has 34 heavy (non-hydrogen) atoms. The van der Waals surface area contributed by atoms with Gasteiger partial charge < -0.3 is 24.8 Å². The van der Waals surface area contributed by atoms with E-state index in [1.165, 1.54) is 12.1 Å². The predicted molar refractivity (Wildman–Crippen MR) is 131 cm³/mol. The molecule has 0 atom stereocenters. The predicted octanol–water partition coefficient (Wildman–Crippen LogP) is 5.37. The van der Waals surface area contributed by atoms with Gasteiger partial charge in [0.15, 0.2) is 11.5 Å². The van der Waals surface area contributed by atoms with Crippen molar-refractivity contribution in [1.29, 1.82) is 0 Å². The van der Waals surface area contributed by atoms with Gasteiger partial charge in [-0.05, 0) is 66.6 Å². The largest absolute Gasteiger partial charge is 0.496 e. The first-order chi connectivity index (χ1) is 16.7. The molecule has 1 aliphatic rings. The summed E-state index contributed by atoms with van der Waals surface area (Å²) in [6.45, 7) is 2.42. The van der Waals surface area contributed by atoms with Crippen LogP contribution in [0.1, 0.15) is 12.0 Å². The summed E-state index contributed by atoms with van der Waals surface area (Å²) in [6, 6.07) is 18.8. The lowest BCUT2D eigenvalue weighted by molar-refractivity contribution is 0.174. The number of methoxy groups -OCH3 is 1. The number of fused-ring (bicyclic) bond motifs is 2. The summed E-state index contributed by atoms with van der Waals surface area (Å²) >= 11 is 0. The molecule has 0 spiro atoms. The third-order valence-corrected chi connectivity index (χ3v) is 5.85. The minimum Gasteiger partial charge on any atom is -0.496 e. The maximum atomic E-state index is 13.5. The fourth-order valence-electron chi connectivity index (χ4n) is 4.10. The van der Waals surface area contributed by atoms with Gasteiger partial charge in [0.2, 0.25) is 6.79 Å². The zero-order valence-electron chi connectivity index (χ0n) is 18.9. The van der Waals surface area contributed by atoms with Gasteiger partial charge in [-0.2, -0.15) is 0 Å². The van der Waals surface area contributed by atoms with E-state index in [-0.39, 0.29) is 12.6 Å². The van der Waals surface area contributed by atoms with E-state index in [2.05, 4.69) is 33.8 Å². The van der Waals surface area contributed by atoms with Crippen LogP contribution >= 0.6 is 0 Å². The zero-order chi connectivity index (χ0) is 23.3. The number of pyridine rings is 1. The van der Waals surface area contributed by atoms with Crippen molar-refractivity contribution in [3.8, 4) is 28.4 Å². The highest BCUT2D eigenvalue weighted by Gasteiger charge is 2.14. The Balaban J connectivity index is 1.18. The number of benzene rings is 3. The third-order valence-electron chi connectivity index (χ3n) is 5.85. The molecule has 4 aromatic rings. The topological polar surface area (TPSA) is 64.6 Å². The van der Waals surface area contributed by atoms with E-state index in [4.69, 9.17) is 14.2 Å². The molecule has 3 aromatic carbocycles. The first-order valence-corrected chi connectivity index (χ1v) is 11.3. The molecule has 6 nitrogen and oxygen atoms in total. The summed E-state index contributed by atoms with van der Waals surface area (Å²) < 4.78 is 29.7. The van der Waals surface area contributed by atoms with E-state index in [1.54, 1.807) is 13.2 Å². The minimum absolute atomic E-state index is 0.259. The molecule has 0 aliphatic carbocycles. The van der Waals surface area contributed by atoms with Crippen LogP contribution in [0, 0.1) is 5.82 Å². The molecule has 0 radical (unpaired) electrons. The number of hydrogen-bond acceptors (Lipinski definition) is 6. The Morgan fingerprint density at radius 1 is 0.941 bits per heavy atom. The Labute approximate surface area is 197 Å². The highest BCUT2D eigenvalue weighted by molar-refractivity contribution is 5.93. The maximum Gasteiger partial charge on any atom is 0.231 e. The summed E-state index contributed by atoms with van der Waals surface area (Å²) in [6.07, 6.45) is 2.74. The molecule has 2 heterocycles. The van der Waals surface area contributed by atoms with E-state index < -0.39 is 0 Å². The summed E-state index contributed by atoms with van der Waals surface area (Å²) in [5.41, 5.74) is 4.93. The van der Waals surface area contributed by atoms with Crippen LogP contribution in [0.15, 0.2) is 66.9 Å². The fraction of sp³-hybridized carbons (Fsp3) is 0.222. The maximum absolute atomic E-state index is 13.5. The van der Waals surface area contributed by atoms with Crippen LogP contribution in [0.3, 0.4) is 0 Å². The van der Waals surface area contributed by atoms with E-state index in [0.29, 0.717) is 12.3 Å². The summed E-state index contributed by atoms with van der Waals surface area (Å²) in [4.78, 5) is 4.56. The smallest absolute Gasteiger partial charge is 0.231 e. The van der Waals surface area contributed by atoms with E-state index in [9.17, 15) is 4.39 Å². The number of halogens is 1. The van der Waals surface area contributed by atoms with Gasteiger partial charge in [-0.1, -0.05) is 18.2 Å². The monoisotopic (exact) mass is 459 g/mol. The number of nitrogens with one attached hydrogen (secondary N) is 2. The Morgan fingerprint density at radius 2 is 1.79 bits per heavy atom. The van der Waals surface area contributed by atoms with Crippen molar-refractivity contribution < 1.29 is 18.6 Å². The molecule has 0 fully saturated rings. The van der Waals surface area contributed by atoms with Crippen LogP contribution in [0.25, 0.3) is 22.0 Å². The van der Waals surface area contributed by atoms with Crippen molar-refractivity contribution in [2.75, 3.05) is 32.3 Å². The van der Waals surface area contributed by atoms with Crippen molar-refractivity contribution in [3.05, 3.63) is 78.2 Å². The molecule has 0 saturated heterocycles. The molecule has 7 heteroatoms. The molecule has 0 bridgehead atoms. The molecule has 2 N–H and O–H groups in total. The Hall–Kier alpha value is -3.84. The SMILES string of the molecule is COc1ccc(F)cc1CNCCCNc1ccnc2cc(-c3ccc4c(c3)OCO4)ccc12. The standard InChI is InChI=1S/C27H26FN3O3/c1-32-25-8-5-21(28)13-20(25)16-29-10-2-11-30-23-9-12-31-24-14-18(3-6-22(23)24)19-4-7-26-27(15-19)34-17-33-26/h3-9,12-15,29H,2,10-11,16-17H2,1H3,(H,30,31). The zero-order valence-corrected chi connectivity index (χ0v) is 18.9. The highest BCUT2D eigenvalue weighted by Crippen LogP contribution is 2.36. The highest BCUT2D eigenvalue weighted by atomic mass is 19.1. The summed E-state index contributed by atoms with van der Waals surface area (Å²) in [5, 5.41) is 7.94. The van der Waals surface area contributed by atoms with Crippen molar-refractivity contribution in [3.63, 3.8) is 0 Å². The third kappa shape index (κ3) is 4.75. The molecule has 174 valence electrons. The normalized spacial score (nSPS) is 12.2. The Morgan fingerprint density at radius 3 is 2.71 bits per heavy atom. The molecule has 0 unspecified atom stereocenters. The Kier molecular flexibility index (Phi) is 6.44. The van der Waals surface area contributed by atoms with Gasteiger partial charge in [-0.25, -0.2) is 4.39 Å². The van der Waals surface area contributed by atoms with Gasteiger partial charge in [-0.15, -0.1) is 0 Å². The van der Waals surface area contributed by atoms with Crippen molar-refractivity contribution in [2.45, 2.75) is 13.0 Å². The number of ether oxygens (including phenoxy) is 3.